The van der Waals surface area contributed by atoms with E-state index in [1.165, 1.54) is 0 Å². The summed E-state index contributed by atoms with van der Waals surface area (Å²) in [7, 11) is 0. The van der Waals surface area contributed by atoms with Crippen molar-refractivity contribution >= 4 is 17.7 Å². The van der Waals surface area contributed by atoms with Crippen LogP contribution < -0.4 is 5.73 Å². The molecule has 0 aromatic rings. The maximum Gasteiger partial charge on any atom is 0.321 e. The molecule has 0 unspecified atom stereocenters. The van der Waals surface area contributed by atoms with Crippen LogP contribution >= 0.6 is 11.8 Å². The largest absolute Gasteiger partial charge is 0.480 e. The van der Waals surface area contributed by atoms with Gasteiger partial charge in [-0.2, -0.15) is 11.8 Å². The highest BCUT2D eigenvalue weighted by Crippen LogP contribution is 2.30. The lowest BCUT2D eigenvalue weighted by atomic mass is 10.1. The van der Waals surface area contributed by atoms with Gasteiger partial charge in [0.05, 0.1) is 0 Å². The van der Waals surface area contributed by atoms with Crippen molar-refractivity contribution in [3.63, 3.8) is 0 Å². The number of aliphatic carboxylic acids is 1. The molecular formula is C8H17NO2S. The number of nitrogens with two attached hydrogens (primary N) is 1. The summed E-state index contributed by atoms with van der Waals surface area (Å²) in [5.41, 5.74) is 5.52. The SMILES string of the molecule is CC(C)SC(C)(C)[C@@H](N)C(=O)O. The Morgan fingerprint density at radius 3 is 2.17 bits per heavy atom. The molecule has 1 atom stereocenters. The first-order chi connectivity index (χ1) is 5.27. The third-order valence-corrected chi connectivity index (χ3v) is 2.89. The van der Waals surface area contributed by atoms with Gasteiger partial charge in [0.15, 0.2) is 0 Å². The van der Waals surface area contributed by atoms with E-state index in [4.69, 9.17) is 10.8 Å². The molecule has 3 N–H and O–H groups in total. The predicted octanol–water partition coefficient (Wildman–Crippen LogP) is 1.32. The second-order valence-electron chi connectivity index (χ2n) is 3.59. The Hall–Kier alpha value is -0.220. The lowest BCUT2D eigenvalue weighted by molar-refractivity contribution is -0.139. The number of carboxylic acids is 1. The molecule has 4 heteroatoms. The van der Waals surface area contributed by atoms with Crippen molar-refractivity contribution in [1.29, 1.82) is 0 Å². The monoisotopic (exact) mass is 191 g/mol. The number of hydrogen-bond acceptors (Lipinski definition) is 3. The van der Waals surface area contributed by atoms with Gasteiger partial charge in [-0.25, -0.2) is 0 Å². The zero-order valence-electron chi connectivity index (χ0n) is 8.00. The molecular weight excluding hydrogens is 174 g/mol. The Bertz CT molecular complexity index is 168. The summed E-state index contributed by atoms with van der Waals surface area (Å²) in [6, 6.07) is -0.801. The van der Waals surface area contributed by atoms with Gasteiger partial charge in [0.2, 0.25) is 0 Å². The molecule has 0 rings (SSSR count). The minimum absolute atomic E-state index is 0.394. The van der Waals surface area contributed by atoms with E-state index in [0.717, 1.165) is 0 Å². The van der Waals surface area contributed by atoms with Gasteiger partial charge in [0.1, 0.15) is 6.04 Å². The highest BCUT2D eigenvalue weighted by molar-refractivity contribution is 8.01. The average molecular weight is 191 g/mol. The highest BCUT2D eigenvalue weighted by atomic mass is 32.2. The van der Waals surface area contributed by atoms with Crippen LogP contribution in [0.15, 0.2) is 0 Å². The molecule has 0 fully saturated rings. The molecule has 0 aromatic heterocycles. The summed E-state index contributed by atoms with van der Waals surface area (Å²) in [6.45, 7) is 7.77. The molecule has 0 saturated carbocycles. The predicted molar refractivity (Wildman–Crippen MR) is 52.4 cm³/mol. The second-order valence-corrected chi connectivity index (χ2v) is 5.82. The van der Waals surface area contributed by atoms with Crippen molar-refractivity contribution < 1.29 is 9.90 Å². The average Bonchev–Trinajstić information content (AvgIpc) is 1.82. The summed E-state index contributed by atoms with van der Waals surface area (Å²) in [5, 5.41) is 9.09. The van der Waals surface area contributed by atoms with Gasteiger partial charge < -0.3 is 10.8 Å². The van der Waals surface area contributed by atoms with Crippen LogP contribution in [0.1, 0.15) is 27.7 Å². The van der Waals surface area contributed by atoms with E-state index < -0.39 is 16.8 Å². The van der Waals surface area contributed by atoms with Gasteiger partial charge in [-0.3, -0.25) is 4.79 Å². The Morgan fingerprint density at radius 2 is 1.92 bits per heavy atom. The molecule has 0 aliphatic rings. The van der Waals surface area contributed by atoms with Crippen molar-refractivity contribution in [2.45, 2.75) is 43.7 Å². The first kappa shape index (κ1) is 11.8. The number of carbonyl (C=O) groups is 1. The van der Waals surface area contributed by atoms with Crippen LogP contribution in [-0.4, -0.2) is 27.1 Å². The summed E-state index contributed by atoms with van der Waals surface area (Å²) >= 11 is 1.59. The highest BCUT2D eigenvalue weighted by Gasteiger charge is 2.33. The minimum Gasteiger partial charge on any atom is -0.480 e. The third kappa shape index (κ3) is 3.45. The van der Waals surface area contributed by atoms with Crippen molar-refractivity contribution in [3.8, 4) is 0 Å². The lowest BCUT2D eigenvalue weighted by Gasteiger charge is -2.29. The quantitative estimate of drug-likeness (QED) is 0.703. The van der Waals surface area contributed by atoms with Crippen LogP contribution in [0.5, 0.6) is 0 Å². The number of hydrogen-bond donors (Lipinski definition) is 2. The molecule has 3 nitrogen and oxygen atoms in total. The summed E-state index contributed by atoms with van der Waals surface area (Å²) < 4.78 is -0.403. The van der Waals surface area contributed by atoms with Gasteiger partial charge in [0.25, 0.3) is 0 Å². The van der Waals surface area contributed by atoms with Crippen LogP contribution in [0, 0.1) is 0 Å². The van der Waals surface area contributed by atoms with Crippen molar-refractivity contribution in [2.24, 2.45) is 5.73 Å². The normalized spacial score (nSPS) is 14.8. The van der Waals surface area contributed by atoms with E-state index in [1.807, 2.05) is 27.7 Å². The topological polar surface area (TPSA) is 63.3 Å². The smallest absolute Gasteiger partial charge is 0.321 e. The van der Waals surface area contributed by atoms with E-state index in [-0.39, 0.29) is 0 Å². The van der Waals surface area contributed by atoms with Gasteiger partial charge in [-0.15, -0.1) is 0 Å². The van der Waals surface area contributed by atoms with Crippen LogP contribution in [0.4, 0.5) is 0 Å². The van der Waals surface area contributed by atoms with Gasteiger partial charge in [-0.05, 0) is 19.1 Å². The van der Waals surface area contributed by atoms with Crippen molar-refractivity contribution in [1.82, 2.24) is 0 Å². The summed E-state index contributed by atoms with van der Waals surface area (Å²) in [6.07, 6.45) is 0. The number of rotatable bonds is 4. The molecule has 12 heavy (non-hydrogen) atoms. The molecule has 0 saturated heterocycles. The Labute approximate surface area is 77.7 Å². The molecule has 0 aromatic carbocycles. The minimum atomic E-state index is -0.937. The molecule has 0 bridgehead atoms. The van der Waals surface area contributed by atoms with Crippen LogP contribution in [0.2, 0.25) is 0 Å². The molecule has 0 spiro atoms. The Morgan fingerprint density at radius 1 is 1.50 bits per heavy atom. The zero-order chi connectivity index (χ0) is 9.94. The fourth-order valence-corrected chi connectivity index (χ4v) is 2.44. The number of thioether (sulfide) groups is 1. The van der Waals surface area contributed by atoms with E-state index in [0.29, 0.717) is 5.25 Å². The fourth-order valence-electron chi connectivity index (χ4n) is 0.978. The van der Waals surface area contributed by atoms with Gasteiger partial charge in [-0.1, -0.05) is 13.8 Å². The van der Waals surface area contributed by atoms with Crippen LogP contribution in [-0.2, 0) is 4.79 Å². The van der Waals surface area contributed by atoms with Crippen LogP contribution in [0.25, 0.3) is 0 Å². The molecule has 0 aliphatic heterocycles. The first-order valence-corrected chi connectivity index (χ1v) is 4.81. The zero-order valence-corrected chi connectivity index (χ0v) is 8.81. The molecule has 0 aliphatic carbocycles. The number of carboxylic acid groups (broad SMARTS) is 1. The lowest BCUT2D eigenvalue weighted by Crippen LogP contribution is -2.47. The molecule has 0 radical (unpaired) electrons. The van der Waals surface area contributed by atoms with E-state index in [2.05, 4.69) is 0 Å². The van der Waals surface area contributed by atoms with E-state index >= 15 is 0 Å². The van der Waals surface area contributed by atoms with Crippen molar-refractivity contribution in [2.75, 3.05) is 0 Å². The summed E-state index contributed by atoms with van der Waals surface area (Å²) in [5.74, 6) is -0.937. The first-order valence-electron chi connectivity index (χ1n) is 3.93. The standard InChI is InChI=1S/C8H17NO2S/c1-5(2)12-8(3,4)6(9)7(10)11/h5-6H,9H2,1-4H3,(H,10,11)/t6-/m0/s1. The fraction of sp³-hybridized carbons (Fsp3) is 0.875. The summed E-state index contributed by atoms with van der Waals surface area (Å²) in [4.78, 5) is 10.6. The van der Waals surface area contributed by atoms with Crippen LogP contribution in [0.3, 0.4) is 0 Å². The third-order valence-electron chi connectivity index (χ3n) is 1.55. The van der Waals surface area contributed by atoms with E-state index in [1.54, 1.807) is 11.8 Å². The van der Waals surface area contributed by atoms with Crippen molar-refractivity contribution in [3.05, 3.63) is 0 Å². The Kier molecular flexibility index (Phi) is 4.06. The molecule has 0 amide bonds. The van der Waals surface area contributed by atoms with Gasteiger partial charge >= 0.3 is 5.97 Å². The maximum atomic E-state index is 10.6. The Balaban J connectivity index is 4.28. The second kappa shape index (κ2) is 4.14. The molecule has 72 valence electrons. The maximum absolute atomic E-state index is 10.6. The van der Waals surface area contributed by atoms with Gasteiger partial charge in [0, 0.05) is 4.75 Å². The van der Waals surface area contributed by atoms with E-state index in [9.17, 15) is 4.79 Å². The molecule has 0 heterocycles.